The summed E-state index contributed by atoms with van der Waals surface area (Å²) in [5, 5.41) is 6.69. The van der Waals surface area contributed by atoms with Gasteiger partial charge in [0.1, 0.15) is 5.75 Å². The van der Waals surface area contributed by atoms with Crippen molar-refractivity contribution in [2.45, 2.75) is 20.3 Å². The molecule has 154 valence electrons. The molecule has 28 heavy (non-hydrogen) atoms. The Morgan fingerprint density at radius 2 is 2.07 bits per heavy atom. The van der Waals surface area contributed by atoms with Gasteiger partial charge in [-0.1, -0.05) is 6.07 Å². The molecule has 0 radical (unpaired) electrons. The highest BCUT2D eigenvalue weighted by Gasteiger charge is 2.20. The topological polar surface area (TPSA) is 53.0 Å². The summed E-state index contributed by atoms with van der Waals surface area (Å²) in [4.78, 5) is 14.1. The average molecular weight is 515 g/mol. The normalized spacial score (nSPS) is 14.6. The van der Waals surface area contributed by atoms with Gasteiger partial charge in [-0.25, -0.2) is 4.98 Å². The van der Waals surface area contributed by atoms with Crippen molar-refractivity contribution in [3.05, 3.63) is 40.3 Å². The highest BCUT2D eigenvalue weighted by molar-refractivity contribution is 14.0. The van der Waals surface area contributed by atoms with E-state index in [-0.39, 0.29) is 24.0 Å². The van der Waals surface area contributed by atoms with Gasteiger partial charge >= 0.3 is 0 Å². The number of piperazine rings is 1. The van der Waals surface area contributed by atoms with Crippen molar-refractivity contribution in [2.75, 3.05) is 51.3 Å². The minimum absolute atomic E-state index is 0. The van der Waals surface area contributed by atoms with Crippen LogP contribution in [-0.2, 0) is 6.42 Å². The summed E-state index contributed by atoms with van der Waals surface area (Å²) >= 11 is 1.70. The fraction of sp³-hybridized carbons (Fsp3) is 0.500. The zero-order chi connectivity index (χ0) is 19.1. The molecule has 0 bridgehead atoms. The van der Waals surface area contributed by atoms with Gasteiger partial charge in [0.05, 0.1) is 17.8 Å². The molecule has 1 aliphatic heterocycles. The first-order valence-corrected chi connectivity index (χ1v) is 10.4. The van der Waals surface area contributed by atoms with Crippen LogP contribution in [0.1, 0.15) is 17.6 Å². The van der Waals surface area contributed by atoms with Gasteiger partial charge in [-0.2, -0.15) is 0 Å². The molecule has 1 aromatic heterocycles. The number of nitrogens with zero attached hydrogens (tertiary/aromatic N) is 4. The Bertz CT molecular complexity index is 759. The number of nitrogens with one attached hydrogen (secondary N) is 1. The largest absolute Gasteiger partial charge is 0.497 e. The van der Waals surface area contributed by atoms with E-state index >= 15 is 0 Å². The molecule has 1 N–H and O–H groups in total. The van der Waals surface area contributed by atoms with Gasteiger partial charge in [0.2, 0.25) is 0 Å². The Hall–Kier alpha value is -1.55. The van der Waals surface area contributed by atoms with Gasteiger partial charge in [-0.3, -0.25) is 4.99 Å². The van der Waals surface area contributed by atoms with Crippen molar-refractivity contribution in [2.24, 2.45) is 4.99 Å². The van der Waals surface area contributed by atoms with E-state index < -0.39 is 0 Å². The number of aryl methyl sites for hydroxylation is 1. The number of aliphatic imine (C=N–C) groups is 1. The Morgan fingerprint density at radius 1 is 1.29 bits per heavy atom. The Labute approximate surface area is 189 Å². The molecule has 0 spiro atoms. The number of anilines is 1. The summed E-state index contributed by atoms with van der Waals surface area (Å²) in [5.41, 5.74) is 2.36. The third-order valence-corrected chi connectivity index (χ3v) is 5.45. The number of guanidine groups is 1. The second-order valence-corrected chi connectivity index (χ2v) is 7.58. The number of hydrogen-bond donors (Lipinski definition) is 1. The van der Waals surface area contributed by atoms with Gasteiger partial charge in [-0.05, 0) is 26.0 Å². The predicted molar refractivity (Wildman–Crippen MR) is 129 cm³/mol. The van der Waals surface area contributed by atoms with Crippen molar-refractivity contribution in [3.8, 4) is 5.75 Å². The van der Waals surface area contributed by atoms with Crippen molar-refractivity contribution in [3.63, 3.8) is 0 Å². The van der Waals surface area contributed by atoms with Gasteiger partial charge in [0.15, 0.2) is 5.96 Å². The number of rotatable bonds is 6. The zero-order valence-electron chi connectivity index (χ0n) is 16.9. The molecule has 0 saturated carbocycles. The van der Waals surface area contributed by atoms with E-state index in [9.17, 15) is 0 Å². The lowest BCUT2D eigenvalue weighted by Gasteiger charge is -2.37. The van der Waals surface area contributed by atoms with E-state index in [1.54, 1.807) is 18.4 Å². The lowest BCUT2D eigenvalue weighted by Crippen LogP contribution is -2.52. The van der Waals surface area contributed by atoms with Crippen LogP contribution < -0.4 is 15.0 Å². The lowest BCUT2D eigenvalue weighted by molar-refractivity contribution is 0.372. The quantitative estimate of drug-likeness (QED) is 0.363. The maximum Gasteiger partial charge on any atom is 0.194 e. The van der Waals surface area contributed by atoms with E-state index in [0.29, 0.717) is 0 Å². The number of ether oxygens (including phenoxy) is 1. The van der Waals surface area contributed by atoms with Gasteiger partial charge in [0, 0.05) is 62.8 Å². The zero-order valence-corrected chi connectivity index (χ0v) is 20.0. The first kappa shape index (κ1) is 22.7. The third-order valence-electron chi connectivity index (χ3n) is 4.63. The van der Waals surface area contributed by atoms with E-state index in [2.05, 4.69) is 44.5 Å². The monoisotopic (exact) mass is 515 g/mol. The molecule has 0 atom stereocenters. The molecule has 1 aliphatic rings. The lowest BCUT2D eigenvalue weighted by atomic mass is 10.2. The fourth-order valence-electron chi connectivity index (χ4n) is 3.21. The maximum absolute atomic E-state index is 5.35. The molecule has 0 amide bonds. The highest BCUT2D eigenvalue weighted by Crippen LogP contribution is 2.22. The number of hydrogen-bond acceptors (Lipinski definition) is 5. The first-order valence-electron chi connectivity index (χ1n) is 9.53. The second-order valence-electron chi connectivity index (χ2n) is 6.52. The summed E-state index contributed by atoms with van der Waals surface area (Å²) in [5.74, 6) is 1.91. The van der Waals surface area contributed by atoms with Crippen LogP contribution in [-0.4, -0.2) is 62.2 Å². The van der Waals surface area contributed by atoms with Crippen molar-refractivity contribution in [1.82, 2.24) is 15.2 Å². The molecule has 0 unspecified atom stereocenters. The maximum atomic E-state index is 5.35. The van der Waals surface area contributed by atoms with Crippen LogP contribution in [0.15, 0.2) is 34.6 Å². The van der Waals surface area contributed by atoms with Gasteiger partial charge < -0.3 is 19.9 Å². The van der Waals surface area contributed by atoms with Crippen LogP contribution in [0, 0.1) is 6.92 Å². The second kappa shape index (κ2) is 11.5. The van der Waals surface area contributed by atoms with Crippen molar-refractivity contribution in [1.29, 1.82) is 0 Å². The predicted octanol–water partition coefficient (Wildman–Crippen LogP) is 3.41. The summed E-state index contributed by atoms with van der Waals surface area (Å²) < 4.78 is 5.35. The molecular weight excluding hydrogens is 485 g/mol. The van der Waals surface area contributed by atoms with E-state index in [0.717, 1.165) is 68.1 Å². The molecule has 2 aromatic rings. The minimum atomic E-state index is 0. The van der Waals surface area contributed by atoms with Crippen molar-refractivity contribution >= 4 is 47.0 Å². The number of halogens is 1. The van der Waals surface area contributed by atoms with Crippen LogP contribution in [0.25, 0.3) is 0 Å². The molecule has 2 heterocycles. The van der Waals surface area contributed by atoms with E-state index in [4.69, 9.17) is 9.73 Å². The Morgan fingerprint density at radius 3 is 2.71 bits per heavy atom. The summed E-state index contributed by atoms with van der Waals surface area (Å²) in [6, 6.07) is 8.28. The fourth-order valence-corrected chi connectivity index (χ4v) is 3.86. The Kier molecular flexibility index (Phi) is 9.30. The smallest absolute Gasteiger partial charge is 0.194 e. The van der Waals surface area contributed by atoms with Crippen LogP contribution >= 0.6 is 35.3 Å². The number of methoxy groups -OCH3 is 1. The van der Waals surface area contributed by atoms with Crippen LogP contribution in [0.3, 0.4) is 0 Å². The summed E-state index contributed by atoms with van der Waals surface area (Å²) in [6.45, 7) is 9.67. The number of benzene rings is 1. The molecule has 1 aromatic carbocycles. The van der Waals surface area contributed by atoms with Crippen molar-refractivity contribution < 1.29 is 4.74 Å². The molecule has 1 fully saturated rings. The Balaban J connectivity index is 0.00000280. The summed E-state index contributed by atoms with van der Waals surface area (Å²) in [7, 11) is 1.71. The molecule has 8 heteroatoms. The minimum Gasteiger partial charge on any atom is -0.497 e. The summed E-state index contributed by atoms with van der Waals surface area (Å²) in [6.07, 6.45) is 0.892. The molecule has 3 rings (SSSR count). The van der Waals surface area contributed by atoms with Crippen LogP contribution in [0.5, 0.6) is 5.75 Å². The van der Waals surface area contributed by atoms with Gasteiger partial charge in [0.25, 0.3) is 0 Å². The third kappa shape index (κ3) is 6.23. The first-order chi connectivity index (χ1) is 13.2. The highest BCUT2D eigenvalue weighted by atomic mass is 127. The number of aromatic nitrogens is 1. The van der Waals surface area contributed by atoms with Crippen LogP contribution in [0.2, 0.25) is 0 Å². The standard InChI is InChI=1S/C20H29N5OS.HI/c1-4-21-20(22-9-8-17-15-27-16(2)23-17)25-12-10-24(11-13-25)18-6-5-7-19(14-18)26-3;/h5-7,14-15H,4,8-13H2,1-3H3,(H,21,22);1H. The average Bonchev–Trinajstić information content (AvgIpc) is 3.12. The number of thiazole rings is 1. The molecular formula is C20H30IN5OS. The molecule has 1 saturated heterocycles. The van der Waals surface area contributed by atoms with Gasteiger partial charge in [-0.15, -0.1) is 35.3 Å². The van der Waals surface area contributed by atoms with Crippen LogP contribution in [0.4, 0.5) is 5.69 Å². The van der Waals surface area contributed by atoms with E-state index in [1.807, 2.05) is 19.1 Å². The molecule has 0 aliphatic carbocycles. The van der Waals surface area contributed by atoms with E-state index in [1.165, 1.54) is 5.69 Å². The SMILES string of the molecule is CCNC(=NCCc1csc(C)n1)N1CCN(c2cccc(OC)c2)CC1.I. The molecule has 6 nitrogen and oxygen atoms in total.